The molecule has 7 aromatic rings. The highest BCUT2D eigenvalue weighted by molar-refractivity contribution is 6.11. The lowest BCUT2D eigenvalue weighted by Crippen LogP contribution is -2.15. The van der Waals surface area contributed by atoms with E-state index in [9.17, 15) is 0 Å². The third kappa shape index (κ3) is 2.60. The van der Waals surface area contributed by atoms with Crippen molar-refractivity contribution in [3.63, 3.8) is 0 Å². The number of hydrogen-bond donors (Lipinski definition) is 0. The minimum absolute atomic E-state index is 0.00958. The number of benzene rings is 6. The molecule has 0 fully saturated rings. The Kier molecular flexibility index (Phi) is 3.79. The molecule has 0 atom stereocenters. The molecule has 36 heavy (non-hydrogen) atoms. The van der Waals surface area contributed by atoms with Crippen LogP contribution in [-0.4, -0.2) is 0 Å². The fourth-order valence-corrected chi connectivity index (χ4v) is 6.45. The summed E-state index contributed by atoms with van der Waals surface area (Å²) in [5.41, 5.74) is 9.90. The number of hydrogen-bond acceptors (Lipinski definition) is 1. The van der Waals surface area contributed by atoms with Gasteiger partial charge >= 0.3 is 0 Å². The first-order valence-electron chi connectivity index (χ1n) is 12.6. The standard InChI is InChI=1S/C35H24O/c1-35(2)31-10-6-5-9-27(31)28-15-12-25-17-23(11-14-26(25)34(28)35)24-13-16-32-29(19-24)30-18-21-7-3-4-8-22(21)20-33(30)36-32/h3-20H,1-2H3. The van der Waals surface area contributed by atoms with Crippen molar-refractivity contribution in [1.82, 2.24) is 0 Å². The molecule has 0 saturated heterocycles. The van der Waals surface area contributed by atoms with Gasteiger partial charge in [-0.3, -0.25) is 0 Å². The Hall–Kier alpha value is -4.36. The summed E-state index contributed by atoms with van der Waals surface area (Å²) in [6.07, 6.45) is 0. The Morgan fingerprint density at radius 1 is 0.500 bits per heavy atom. The van der Waals surface area contributed by atoms with Gasteiger partial charge in [-0.1, -0.05) is 92.7 Å². The van der Waals surface area contributed by atoms with E-state index in [2.05, 4.69) is 123 Å². The van der Waals surface area contributed by atoms with Gasteiger partial charge in [-0.25, -0.2) is 0 Å². The molecule has 1 heterocycles. The highest BCUT2D eigenvalue weighted by atomic mass is 16.3. The molecule has 0 saturated carbocycles. The molecular formula is C35H24O. The van der Waals surface area contributed by atoms with E-state index in [1.165, 1.54) is 65.7 Å². The molecule has 0 aliphatic heterocycles. The minimum atomic E-state index is -0.00958. The Morgan fingerprint density at radius 3 is 2.11 bits per heavy atom. The van der Waals surface area contributed by atoms with Crippen molar-refractivity contribution < 1.29 is 4.42 Å². The summed E-state index contributed by atoms with van der Waals surface area (Å²) in [6, 6.07) is 39.8. The predicted octanol–water partition coefficient (Wildman–Crippen LogP) is 9.87. The van der Waals surface area contributed by atoms with Crippen molar-refractivity contribution in [2.24, 2.45) is 0 Å². The first-order chi connectivity index (χ1) is 17.6. The summed E-state index contributed by atoms with van der Waals surface area (Å²) in [5.74, 6) is 0. The van der Waals surface area contributed by atoms with E-state index >= 15 is 0 Å². The van der Waals surface area contributed by atoms with E-state index in [0.717, 1.165) is 11.2 Å². The van der Waals surface area contributed by atoms with E-state index in [1.54, 1.807) is 0 Å². The number of rotatable bonds is 1. The molecule has 6 aromatic carbocycles. The van der Waals surface area contributed by atoms with E-state index < -0.39 is 0 Å². The van der Waals surface area contributed by atoms with Crippen LogP contribution < -0.4 is 0 Å². The molecule has 1 aliphatic rings. The average molecular weight is 461 g/mol. The molecule has 0 N–H and O–H groups in total. The second-order valence-corrected chi connectivity index (χ2v) is 10.6. The Labute approximate surface area is 209 Å². The maximum Gasteiger partial charge on any atom is 0.136 e. The maximum atomic E-state index is 6.23. The third-order valence-electron chi connectivity index (χ3n) is 8.21. The van der Waals surface area contributed by atoms with Crippen molar-refractivity contribution in [2.75, 3.05) is 0 Å². The molecule has 0 unspecified atom stereocenters. The van der Waals surface area contributed by atoms with Gasteiger partial charge < -0.3 is 4.42 Å². The smallest absolute Gasteiger partial charge is 0.136 e. The lowest BCUT2D eigenvalue weighted by molar-refractivity contribution is 0.666. The van der Waals surface area contributed by atoms with Crippen LogP contribution in [0, 0.1) is 0 Å². The van der Waals surface area contributed by atoms with E-state index in [4.69, 9.17) is 4.42 Å². The summed E-state index contributed by atoms with van der Waals surface area (Å²) < 4.78 is 6.23. The number of furan rings is 1. The van der Waals surface area contributed by atoms with Crippen LogP contribution in [0.4, 0.5) is 0 Å². The van der Waals surface area contributed by atoms with Gasteiger partial charge in [0.1, 0.15) is 11.2 Å². The van der Waals surface area contributed by atoms with E-state index in [-0.39, 0.29) is 5.41 Å². The van der Waals surface area contributed by atoms with Crippen molar-refractivity contribution in [1.29, 1.82) is 0 Å². The average Bonchev–Trinajstić information content (AvgIpc) is 3.38. The van der Waals surface area contributed by atoms with Gasteiger partial charge in [0.25, 0.3) is 0 Å². The third-order valence-corrected chi connectivity index (χ3v) is 8.21. The van der Waals surface area contributed by atoms with Gasteiger partial charge in [-0.2, -0.15) is 0 Å². The highest BCUT2D eigenvalue weighted by Crippen LogP contribution is 2.51. The van der Waals surface area contributed by atoms with Gasteiger partial charge in [-0.15, -0.1) is 0 Å². The van der Waals surface area contributed by atoms with Crippen LogP contribution in [0.25, 0.3) is 65.7 Å². The molecule has 0 spiro atoms. The topological polar surface area (TPSA) is 13.1 Å². The van der Waals surface area contributed by atoms with Crippen LogP contribution in [0.2, 0.25) is 0 Å². The van der Waals surface area contributed by atoms with E-state index in [1.807, 2.05) is 0 Å². The zero-order valence-electron chi connectivity index (χ0n) is 20.3. The summed E-state index contributed by atoms with van der Waals surface area (Å²) >= 11 is 0. The molecular weight excluding hydrogens is 436 g/mol. The predicted molar refractivity (Wildman–Crippen MR) is 152 cm³/mol. The van der Waals surface area contributed by atoms with Gasteiger partial charge in [0.05, 0.1) is 0 Å². The molecule has 1 nitrogen and oxygen atoms in total. The summed E-state index contributed by atoms with van der Waals surface area (Å²) in [6.45, 7) is 4.71. The van der Waals surface area contributed by atoms with Crippen molar-refractivity contribution in [3.05, 3.63) is 120 Å². The van der Waals surface area contributed by atoms with Crippen molar-refractivity contribution in [2.45, 2.75) is 19.3 Å². The second kappa shape index (κ2) is 6.86. The maximum absolute atomic E-state index is 6.23. The molecule has 1 aromatic heterocycles. The zero-order valence-corrected chi connectivity index (χ0v) is 20.3. The van der Waals surface area contributed by atoms with Crippen molar-refractivity contribution >= 4 is 43.5 Å². The van der Waals surface area contributed by atoms with Crippen LogP contribution >= 0.6 is 0 Å². The molecule has 8 rings (SSSR count). The quantitative estimate of drug-likeness (QED) is 0.238. The van der Waals surface area contributed by atoms with Crippen LogP contribution in [0.3, 0.4) is 0 Å². The summed E-state index contributed by atoms with van der Waals surface area (Å²) in [7, 11) is 0. The lowest BCUT2D eigenvalue weighted by atomic mass is 9.80. The summed E-state index contributed by atoms with van der Waals surface area (Å²) in [5, 5.41) is 7.41. The first kappa shape index (κ1) is 19.9. The lowest BCUT2D eigenvalue weighted by Gasteiger charge is -2.23. The molecule has 0 bridgehead atoms. The van der Waals surface area contributed by atoms with Gasteiger partial charge in [0, 0.05) is 16.2 Å². The summed E-state index contributed by atoms with van der Waals surface area (Å²) in [4.78, 5) is 0. The Balaban J connectivity index is 1.31. The first-order valence-corrected chi connectivity index (χ1v) is 12.6. The number of fused-ring (bicyclic) bond motifs is 9. The fraction of sp³-hybridized carbons (Fsp3) is 0.0857. The molecule has 1 heteroatoms. The van der Waals surface area contributed by atoms with Gasteiger partial charge in [0.15, 0.2) is 0 Å². The van der Waals surface area contributed by atoms with Crippen LogP contribution in [-0.2, 0) is 5.41 Å². The highest BCUT2D eigenvalue weighted by Gasteiger charge is 2.36. The van der Waals surface area contributed by atoms with Crippen molar-refractivity contribution in [3.8, 4) is 22.3 Å². The molecule has 0 radical (unpaired) electrons. The zero-order chi connectivity index (χ0) is 24.0. The minimum Gasteiger partial charge on any atom is -0.456 e. The largest absolute Gasteiger partial charge is 0.456 e. The van der Waals surface area contributed by atoms with Crippen LogP contribution in [0.5, 0.6) is 0 Å². The molecule has 1 aliphatic carbocycles. The van der Waals surface area contributed by atoms with Crippen LogP contribution in [0.15, 0.2) is 114 Å². The normalized spacial score (nSPS) is 14.1. The monoisotopic (exact) mass is 460 g/mol. The fourth-order valence-electron chi connectivity index (χ4n) is 6.45. The Bertz CT molecular complexity index is 2020. The van der Waals surface area contributed by atoms with Gasteiger partial charge in [0.2, 0.25) is 0 Å². The van der Waals surface area contributed by atoms with Crippen LogP contribution in [0.1, 0.15) is 25.0 Å². The van der Waals surface area contributed by atoms with Gasteiger partial charge in [-0.05, 0) is 85.3 Å². The SMILES string of the molecule is CC1(C)c2ccccc2-c2ccc3cc(-c4ccc5oc6cc7ccccc7cc6c5c4)ccc3c21. The molecule has 170 valence electrons. The van der Waals surface area contributed by atoms with E-state index in [0.29, 0.717) is 0 Å². The molecule has 0 amide bonds. The second-order valence-electron chi connectivity index (χ2n) is 10.6. The Morgan fingerprint density at radius 2 is 1.22 bits per heavy atom.